The summed E-state index contributed by atoms with van der Waals surface area (Å²) in [6.07, 6.45) is -12.9. The third-order valence-electron chi connectivity index (χ3n) is 6.96. The first kappa shape index (κ1) is 36.0. The Morgan fingerprint density at radius 3 is 0.851 bits per heavy atom. The highest BCUT2D eigenvalue weighted by Crippen LogP contribution is 2.62. The Morgan fingerprint density at radius 2 is 0.660 bits per heavy atom. The third-order valence-corrected chi connectivity index (χ3v) is 6.96. The summed E-state index contributed by atoms with van der Waals surface area (Å²) in [6.45, 7) is 0. The van der Waals surface area contributed by atoms with Crippen LogP contribution in [0, 0.1) is 0 Å². The Hall–Kier alpha value is -3.88. The normalized spacial score (nSPS) is 22.9. The van der Waals surface area contributed by atoms with Gasteiger partial charge in [-0.2, -0.15) is 79.0 Å². The summed E-state index contributed by atoms with van der Waals surface area (Å²) in [5.74, 6) is -53.1. The smallest absolute Gasteiger partial charge is 0.411 e. The molecule has 0 spiro atoms. The summed E-state index contributed by atoms with van der Waals surface area (Å²) in [7, 11) is 0. The van der Waals surface area contributed by atoms with Gasteiger partial charge in [0, 0.05) is 0 Å². The van der Waals surface area contributed by atoms with Gasteiger partial charge in [0.25, 0.3) is 0 Å². The van der Waals surface area contributed by atoms with Crippen molar-refractivity contribution in [2.45, 2.75) is 53.3 Å². The monoisotopic (exact) mass is 720 g/mol. The molecule has 0 aromatic heterocycles. The number of benzene rings is 2. The fourth-order valence-corrected chi connectivity index (χ4v) is 4.50. The van der Waals surface area contributed by atoms with Gasteiger partial charge >= 0.3 is 47.9 Å². The Kier molecular flexibility index (Phi) is 7.70. The average molecular weight is 720 g/mol. The molecule has 0 heterocycles. The minimum atomic E-state index is -6.47. The first-order valence-electron chi connectivity index (χ1n) is 11.7. The van der Waals surface area contributed by atoms with Crippen molar-refractivity contribution >= 4 is 0 Å². The lowest BCUT2D eigenvalue weighted by molar-refractivity contribution is -0.288. The van der Waals surface area contributed by atoms with E-state index in [9.17, 15) is 87.8 Å². The van der Waals surface area contributed by atoms with Crippen LogP contribution < -0.4 is 9.47 Å². The zero-order valence-corrected chi connectivity index (χ0v) is 21.5. The van der Waals surface area contributed by atoms with Crippen LogP contribution in [0.4, 0.5) is 87.8 Å². The predicted molar refractivity (Wildman–Crippen MR) is 113 cm³/mol. The van der Waals surface area contributed by atoms with Crippen LogP contribution in [-0.2, 0) is 5.41 Å². The molecule has 2 aromatic carbocycles. The van der Waals surface area contributed by atoms with E-state index < -0.39 is 99.1 Å². The first-order valence-corrected chi connectivity index (χ1v) is 11.7. The van der Waals surface area contributed by atoms with Crippen LogP contribution in [0.2, 0.25) is 0 Å². The zero-order valence-electron chi connectivity index (χ0n) is 21.5. The largest absolute Gasteiger partial charge is 0.452 e. The van der Waals surface area contributed by atoms with Gasteiger partial charge in [-0.3, -0.25) is 0 Å². The van der Waals surface area contributed by atoms with Crippen molar-refractivity contribution in [3.8, 4) is 11.5 Å². The Bertz CT molecular complexity index is 1490. The summed E-state index contributed by atoms with van der Waals surface area (Å²) in [4.78, 5) is 0. The van der Waals surface area contributed by atoms with E-state index in [1.807, 2.05) is 0 Å². The molecule has 22 heteroatoms. The maximum absolute atomic E-state index is 14.3. The lowest BCUT2D eigenvalue weighted by Crippen LogP contribution is -2.54. The van der Waals surface area contributed by atoms with Crippen molar-refractivity contribution in [1.82, 2.24) is 0 Å². The van der Waals surface area contributed by atoms with Crippen LogP contribution >= 0.6 is 0 Å². The summed E-state index contributed by atoms with van der Waals surface area (Å²) in [5, 5.41) is 0. The summed E-state index contributed by atoms with van der Waals surface area (Å²) in [6, 6.07) is -1.02. The van der Waals surface area contributed by atoms with Crippen molar-refractivity contribution in [1.29, 1.82) is 0 Å². The van der Waals surface area contributed by atoms with Crippen LogP contribution in [0.25, 0.3) is 0 Å². The molecule has 260 valence electrons. The standard InChI is InChI=1S/C25H8F20O2/c26-13-15(20(32,33)22(36,37)18(13,28)29)46-11-5-1-9(2-6-11)17(24(40,41)42,25(43,44)45)10-3-7-12(8-4-10)47-16-14(27)19(30,31)23(38,39)21(16,34)35/h1-8H. The van der Waals surface area contributed by atoms with Gasteiger partial charge in [0.2, 0.25) is 28.6 Å². The zero-order chi connectivity index (χ0) is 36.2. The highest BCUT2D eigenvalue weighted by molar-refractivity contribution is 5.48. The van der Waals surface area contributed by atoms with Crippen LogP contribution in [0.15, 0.2) is 71.7 Å². The third kappa shape index (κ3) is 4.55. The average Bonchev–Trinajstić information content (AvgIpc) is 3.07. The van der Waals surface area contributed by atoms with Gasteiger partial charge in [-0.1, -0.05) is 24.3 Å². The molecule has 2 nitrogen and oxygen atoms in total. The molecular formula is C25H8F20O2. The molecule has 0 fully saturated rings. The molecule has 0 saturated carbocycles. The topological polar surface area (TPSA) is 18.5 Å². The van der Waals surface area contributed by atoms with E-state index in [0.717, 1.165) is 0 Å². The molecule has 0 atom stereocenters. The van der Waals surface area contributed by atoms with Gasteiger partial charge in [-0.05, 0) is 35.4 Å². The molecule has 0 radical (unpaired) electrons. The van der Waals surface area contributed by atoms with Gasteiger partial charge in [0.05, 0.1) is 0 Å². The van der Waals surface area contributed by atoms with Crippen LogP contribution in [0.5, 0.6) is 11.5 Å². The Labute approximate surface area is 245 Å². The van der Waals surface area contributed by atoms with E-state index in [0.29, 0.717) is 0 Å². The maximum Gasteiger partial charge on any atom is 0.411 e. The SMILES string of the molecule is FC1=C(Oc2ccc(C(c3ccc(OC4=C(F)C(F)(F)C(F)(F)C4(F)F)cc3)(C(F)(F)F)C(F)(F)F)cc2)C(F)(F)C(F)(F)C1(F)F. The minimum Gasteiger partial charge on any atom is -0.452 e. The molecule has 4 rings (SSSR count). The number of halogens is 20. The molecule has 2 aromatic rings. The molecule has 0 bridgehead atoms. The Balaban J connectivity index is 1.77. The van der Waals surface area contributed by atoms with Crippen molar-refractivity contribution < 1.29 is 97.3 Å². The van der Waals surface area contributed by atoms with Crippen LogP contribution in [0.3, 0.4) is 0 Å². The van der Waals surface area contributed by atoms with Gasteiger partial charge in [0.15, 0.2) is 0 Å². The van der Waals surface area contributed by atoms with Crippen LogP contribution in [-0.4, -0.2) is 47.9 Å². The number of ether oxygens (including phenoxy) is 2. The fraction of sp³-hybridized carbons (Fsp3) is 0.360. The van der Waals surface area contributed by atoms with E-state index in [1.54, 1.807) is 0 Å². The number of allylic oxidation sites excluding steroid dienone is 4. The molecule has 0 saturated heterocycles. The van der Waals surface area contributed by atoms with Crippen molar-refractivity contribution in [2.24, 2.45) is 0 Å². The first-order chi connectivity index (χ1) is 21.0. The van der Waals surface area contributed by atoms with E-state index in [4.69, 9.17) is 0 Å². The van der Waals surface area contributed by atoms with E-state index in [1.165, 1.54) is 0 Å². The lowest BCUT2D eigenvalue weighted by atomic mass is 9.73. The number of hydrogen-bond acceptors (Lipinski definition) is 2. The minimum absolute atomic E-state index is 0.0677. The van der Waals surface area contributed by atoms with Crippen molar-refractivity contribution in [3.63, 3.8) is 0 Å². The highest BCUT2D eigenvalue weighted by atomic mass is 19.4. The maximum atomic E-state index is 14.3. The summed E-state index contributed by atoms with van der Waals surface area (Å²) < 4.78 is 284. The number of hydrogen-bond donors (Lipinski definition) is 0. The highest BCUT2D eigenvalue weighted by Gasteiger charge is 2.84. The second kappa shape index (κ2) is 10.1. The predicted octanol–water partition coefficient (Wildman–Crippen LogP) is 10.1. The van der Waals surface area contributed by atoms with E-state index in [2.05, 4.69) is 9.47 Å². The van der Waals surface area contributed by atoms with Gasteiger partial charge in [-0.15, -0.1) is 0 Å². The summed E-state index contributed by atoms with van der Waals surface area (Å²) >= 11 is 0. The fourth-order valence-electron chi connectivity index (χ4n) is 4.50. The van der Waals surface area contributed by atoms with Gasteiger partial charge in [-0.25, -0.2) is 8.78 Å². The molecule has 0 aliphatic heterocycles. The quantitative estimate of drug-likeness (QED) is 0.277. The van der Waals surface area contributed by atoms with Crippen molar-refractivity contribution in [3.05, 3.63) is 82.8 Å². The molecule has 47 heavy (non-hydrogen) atoms. The lowest BCUT2D eigenvalue weighted by Gasteiger charge is -2.38. The molecule has 2 aliphatic rings. The van der Waals surface area contributed by atoms with Gasteiger partial charge < -0.3 is 9.47 Å². The molecular weight excluding hydrogens is 712 g/mol. The number of alkyl halides is 18. The second-order valence-corrected chi connectivity index (χ2v) is 9.73. The van der Waals surface area contributed by atoms with E-state index >= 15 is 0 Å². The molecule has 0 unspecified atom stereocenters. The molecule has 2 aliphatic carbocycles. The van der Waals surface area contributed by atoms with Crippen LogP contribution in [0.1, 0.15) is 11.1 Å². The Morgan fingerprint density at radius 1 is 0.404 bits per heavy atom. The van der Waals surface area contributed by atoms with E-state index in [-0.39, 0.29) is 48.5 Å². The van der Waals surface area contributed by atoms with Crippen molar-refractivity contribution in [2.75, 3.05) is 0 Å². The molecule has 0 amide bonds. The van der Waals surface area contributed by atoms with Gasteiger partial charge in [0.1, 0.15) is 11.5 Å². The number of rotatable bonds is 6. The summed E-state index contributed by atoms with van der Waals surface area (Å²) in [5.41, 5.74) is -9.02. The molecule has 0 N–H and O–H groups in total. The second-order valence-electron chi connectivity index (χ2n) is 9.73.